The third kappa shape index (κ3) is 2.04. The van der Waals surface area contributed by atoms with Crippen LogP contribution in [0, 0.1) is 11.8 Å². The smallest absolute Gasteiger partial charge is 0.0647 e. The van der Waals surface area contributed by atoms with Gasteiger partial charge in [0.1, 0.15) is 0 Å². The zero-order chi connectivity index (χ0) is 9.31. The van der Waals surface area contributed by atoms with Crippen LogP contribution in [-0.2, 0) is 0 Å². The van der Waals surface area contributed by atoms with E-state index in [1.54, 1.807) is 0 Å². The van der Waals surface area contributed by atoms with Crippen molar-refractivity contribution in [1.29, 1.82) is 0 Å². The van der Waals surface area contributed by atoms with Crippen LogP contribution in [-0.4, -0.2) is 17.2 Å². The Morgan fingerprint density at radius 2 is 2.15 bits per heavy atom. The highest BCUT2D eigenvalue weighted by molar-refractivity contribution is 8.00. The van der Waals surface area contributed by atoms with Gasteiger partial charge in [-0.2, -0.15) is 0 Å². The summed E-state index contributed by atoms with van der Waals surface area (Å²) in [6, 6.07) is 0. The lowest BCUT2D eigenvalue weighted by Gasteiger charge is -2.45. The topological polar surface area (TPSA) is 12.0 Å². The van der Waals surface area contributed by atoms with E-state index in [0.29, 0.717) is 4.87 Å². The Hall–Kier alpha value is 0.310. The minimum absolute atomic E-state index is 0.476. The normalized spacial score (nSPS) is 46.6. The van der Waals surface area contributed by atoms with Gasteiger partial charge in [-0.05, 0) is 49.8 Å². The Morgan fingerprint density at radius 3 is 2.77 bits per heavy atom. The van der Waals surface area contributed by atoms with E-state index in [9.17, 15) is 0 Å². The maximum Gasteiger partial charge on any atom is 0.0647 e. The molecule has 0 amide bonds. The maximum absolute atomic E-state index is 3.75. The molecule has 1 nitrogen and oxygen atoms in total. The SMILES string of the molecule is CC1CCC2(CC1C)NCCCS2. The molecule has 2 heteroatoms. The van der Waals surface area contributed by atoms with Crippen molar-refractivity contribution in [3.63, 3.8) is 0 Å². The van der Waals surface area contributed by atoms with E-state index in [1.165, 1.54) is 38.0 Å². The molecule has 1 heterocycles. The summed E-state index contributed by atoms with van der Waals surface area (Å²) in [4.78, 5) is 0.476. The fourth-order valence-electron chi connectivity index (χ4n) is 2.57. The lowest BCUT2D eigenvalue weighted by Crippen LogP contribution is -2.50. The van der Waals surface area contributed by atoms with E-state index >= 15 is 0 Å². The Labute approximate surface area is 86.0 Å². The molecule has 1 aliphatic carbocycles. The lowest BCUT2D eigenvalue weighted by molar-refractivity contribution is 0.203. The van der Waals surface area contributed by atoms with Crippen molar-refractivity contribution in [2.24, 2.45) is 11.8 Å². The average molecular weight is 199 g/mol. The lowest BCUT2D eigenvalue weighted by atomic mass is 9.78. The third-order valence-electron chi connectivity index (χ3n) is 3.77. The number of nitrogens with one attached hydrogen (secondary N) is 1. The van der Waals surface area contributed by atoms with Gasteiger partial charge in [0.2, 0.25) is 0 Å². The molecule has 0 radical (unpaired) electrons. The number of hydrogen-bond donors (Lipinski definition) is 1. The molecule has 1 N–H and O–H groups in total. The highest BCUT2D eigenvalue weighted by Gasteiger charge is 2.38. The van der Waals surface area contributed by atoms with E-state index in [4.69, 9.17) is 0 Å². The molecule has 76 valence electrons. The summed E-state index contributed by atoms with van der Waals surface area (Å²) in [5.41, 5.74) is 0. The molecule has 0 aromatic heterocycles. The fourth-order valence-corrected chi connectivity index (χ4v) is 4.09. The summed E-state index contributed by atoms with van der Waals surface area (Å²) in [5.74, 6) is 3.22. The molecule has 0 bridgehead atoms. The predicted octanol–water partition coefficient (Wildman–Crippen LogP) is 2.87. The van der Waals surface area contributed by atoms with Gasteiger partial charge in [0.25, 0.3) is 0 Å². The van der Waals surface area contributed by atoms with E-state index < -0.39 is 0 Å². The molecule has 1 saturated carbocycles. The molecule has 2 aliphatic rings. The quantitative estimate of drug-likeness (QED) is 0.644. The van der Waals surface area contributed by atoms with Crippen LogP contribution < -0.4 is 5.32 Å². The number of rotatable bonds is 0. The van der Waals surface area contributed by atoms with Gasteiger partial charge in [-0.3, -0.25) is 0 Å². The van der Waals surface area contributed by atoms with Crippen LogP contribution in [0.3, 0.4) is 0 Å². The van der Waals surface area contributed by atoms with Crippen LogP contribution in [0.2, 0.25) is 0 Å². The summed E-state index contributed by atoms with van der Waals surface area (Å²) >= 11 is 2.18. The first-order valence-corrected chi connectivity index (χ1v) is 6.59. The summed E-state index contributed by atoms with van der Waals surface area (Å²) in [6.45, 7) is 6.07. The van der Waals surface area contributed by atoms with E-state index in [0.717, 1.165) is 11.8 Å². The van der Waals surface area contributed by atoms with Crippen molar-refractivity contribution in [3.05, 3.63) is 0 Å². The first kappa shape index (κ1) is 9.85. The Kier molecular flexibility index (Phi) is 2.89. The van der Waals surface area contributed by atoms with E-state index in [2.05, 4.69) is 30.9 Å². The first-order valence-electron chi connectivity index (χ1n) is 5.61. The Balaban J connectivity index is 1.99. The largest absolute Gasteiger partial charge is 0.303 e. The second-order valence-electron chi connectivity index (χ2n) is 4.82. The Morgan fingerprint density at radius 1 is 1.31 bits per heavy atom. The van der Waals surface area contributed by atoms with Gasteiger partial charge in [-0.25, -0.2) is 0 Å². The van der Waals surface area contributed by atoms with Crippen LogP contribution in [0.25, 0.3) is 0 Å². The highest BCUT2D eigenvalue weighted by atomic mass is 32.2. The summed E-state index contributed by atoms with van der Waals surface area (Å²) < 4.78 is 0. The number of thioether (sulfide) groups is 1. The second-order valence-corrected chi connectivity index (χ2v) is 6.30. The van der Waals surface area contributed by atoms with Gasteiger partial charge in [0, 0.05) is 0 Å². The zero-order valence-electron chi connectivity index (χ0n) is 8.81. The summed E-state index contributed by atoms with van der Waals surface area (Å²) in [7, 11) is 0. The molecule has 1 aliphatic heterocycles. The van der Waals surface area contributed by atoms with Gasteiger partial charge < -0.3 is 5.32 Å². The van der Waals surface area contributed by atoms with Crippen LogP contribution in [0.4, 0.5) is 0 Å². The van der Waals surface area contributed by atoms with E-state index in [1.807, 2.05) is 0 Å². The van der Waals surface area contributed by atoms with Gasteiger partial charge >= 0.3 is 0 Å². The molecule has 0 aromatic carbocycles. The van der Waals surface area contributed by atoms with Crippen molar-refractivity contribution in [1.82, 2.24) is 5.32 Å². The molecular formula is C11H21NS. The molecule has 3 unspecified atom stereocenters. The fraction of sp³-hybridized carbons (Fsp3) is 1.00. The standard InChI is InChI=1S/C11H21NS/c1-9-4-5-11(8-10(9)2)12-6-3-7-13-11/h9-10,12H,3-8H2,1-2H3. The van der Waals surface area contributed by atoms with Gasteiger partial charge in [-0.1, -0.05) is 13.8 Å². The number of hydrogen-bond acceptors (Lipinski definition) is 2. The minimum Gasteiger partial charge on any atom is -0.303 e. The summed E-state index contributed by atoms with van der Waals surface area (Å²) in [6.07, 6.45) is 5.56. The van der Waals surface area contributed by atoms with Gasteiger partial charge in [-0.15, -0.1) is 11.8 Å². The molecule has 2 rings (SSSR count). The van der Waals surface area contributed by atoms with Gasteiger partial charge in [0.05, 0.1) is 4.87 Å². The highest BCUT2D eigenvalue weighted by Crippen LogP contribution is 2.44. The van der Waals surface area contributed by atoms with E-state index in [-0.39, 0.29) is 0 Å². The van der Waals surface area contributed by atoms with Crippen LogP contribution in [0.1, 0.15) is 39.5 Å². The Bertz CT molecular complexity index is 175. The molecular weight excluding hydrogens is 178 g/mol. The zero-order valence-corrected chi connectivity index (χ0v) is 9.62. The van der Waals surface area contributed by atoms with Gasteiger partial charge in [0.15, 0.2) is 0 Å². The van der Waals surface area contributed by atoms with Crippen LogP contribution in [0.5, 0.6) is 0 Å². The second kappa shape index (κ2) is 3.82. The monoisotopic (exact) mass is 199 g/mol. The average Bonchev–Trinajstić information content (AvgIpc) is 2.14. The molecule has 1 spiro atoms. The summed E-state index contributed by atoms with van der Waals surface area (Å²) in [5, 5.41) is 3.75. The maximum atomic E-state index is 3.75. The van der Waals surface area contributed by atoms with Crippen molar-refractivity contribution in [2.45, 2.75) is 44.4 Å². The minimum atomic E-state index is 0.476. The van der Waals surface area contributed by atoms with Crippen LogP contribution in [0.15, 0.2) is 0 Å². The predicted molar refractivity (Wildman–Crippen MR) is 60.0 cm³/mol. The molecule has 0 aromatic rings. The van der Waals surface area contributed by atoms with Crippen molar-refractivity contribution >= 4 is 11.8 Å². The van der Waals surface area contributed by atoms with Crippen molar-refractivity contribution < 1.29 is 0 Å². The molecule has 2 fully saturated rings. The van der Waals surface area contributed by atoms with Crippen molar-refractivity contribution in [3.8, 4) is 0 Å². The molecule has 3 atom stereocenters. The molecule has 13 heavy (non-hydrogen) atoms. The van der Waals surface area contributed by atoms with Crippen molar-refractivity contribution in [2.75, 3.05) is 12.3 Å². The van der Waals surface area contributed by atoms with Crippen LogP contribution >= 0.6 is 11.8 Å². The first-order chi connectivity index (χ1) is 6.22. The third-order valence-corrected chi connectivity index (χ3v) is 5.33. The molecule has 1 saturated heterocycles.